The molecule has 0 aliphatic rings. The lowest BCUT2D eigenvalue weighted by Gasteiger charge is -2.08. The summed E-state index contributed by atoms with van der Waals surface area (Å²) in [6, 6.07) is 19.8. The number of benzene rings is 2. The first-order chi connectivity index (χ1) is 14.6. The molecule has 0 aliphatic heterocycles. The Bertz CT molecular complexity index is 1210. The first-order valence-corrected chi connectivity index (χ1v) is 8.96. The smallest absolute Gasteiger partial charge is 0.292 e. The van der Waals surface area contributed by atoms with Crippen molar-refractivity contribution in [2.75, 3.05) is 5.32 Å². The van der Waals surface area contributed by atoms with Crippen LogP contribution < -0.4 is 10.1 Å². The zero-order chi connectivity index (χ0) is 20.9. The van der Waals surface area contributed by atoms with Crippen LogP contribution in [0.4, 0.5) is 10.2 Å². The molecule has 30 heavy (non-hydrogen) atoms. The standard InChI is InChI=1S/C22H15FN4O3/c23-16-6-8-18(9-7-16)29-14-19-10-11-20(30-19)22(28)26-21-15(12-24)13-25-27(21)17-4-2-1-3-5-17/h1-11,13H,14H2,(H,26,28). The molecule has 0 atom stereocenters. The van der Waals surface area contributed by atoms with Gasteiger partial charge in [0.15, 0.2) is 11.6 Å². The monoisotopic (exact) mass is 402 g/mol. The van der Waals surface area contributed by atoms with E-state index in [1.807, 2.05) is 36.4 Å². The van der Waals surface area contributed by atoms with Crippen molar-refractivity contribution in [3.05, 3.63) is 95.8 Å². The van der Waals surface area contributed by atoms with E-state index in [9.17, 15) is 14.4 Å². The number of anilines is 1. The van der Waals surface area contributed by atoms with Gasteiger partial charge < -0.3 is 14.5 Å². The predicted molar refractivity (Wildman–Crippen MR) is 106 cm³/mol. The molecule has 0 spiro atoms. The van der Waals surface area contributed by atoms with Crippen LogP contribution in [-0.2, 0) is 6.61 Å². The minimum Gasteiger partial charge on any atom is -0.486 e. The van der Waals surface area contributed by atoms with E-state index in [-0.39, 0.29) is 29.6 Å². The Morgan fingerprint density at radius 3 is 2.63 bits per heavy atom. The Labute approximate surface area is 170 Å². The van der Waals surface area contributed by atoms with Crippen molar-refractivity contribution in [1.29, 1.82) is 5.26 Å². The highest BCUT2D eigenvalue weighted by atomic mass is 19.1. The van der Waals surface area contributed by atoms with Crippen LogP contribution in [0.2, 0.25) is 0 Å². The fraction of sp³-hybridized carbons (Fsp3) is 0.0455. The average molecular weight is 402 g/mol. The number of amides is 1. The second-order valence-corrected chi connectivity index (χ2v) is 6.23. The first-order valence-electron chi connectivity index (χ1n) is 8.96. The maximum absolute atomic E-state index is 12.9. The number of carbonyl (C=O) groups excluding carboxylic acids is 1. The normalized spacial score (nSPS) is 10.4. The minimum absolute atomic E-state index is 0.0532. The number of carbonyl (C=O) groups is 1. The molecule has 0 radical (unpaired) electrons. The highest BCUT2D eigenvalue weighted by Gasteiger charge is 2.18. The van der Waals surface area contributed by atoms with Crippen molar-refractivity contribution < 1.29 is 18.3 Å². The molecule has 0 fully saturated rings. The van der Waals surface area contributed by atoms with Crippen LogP contribution >= 0.6 is 0 Å². The summed E-state index contributed by atoms with van der Waals surface area (Å²) in [7, 11) is 0. The maximum Gasteiger partial charge on any atom is 0.292 e. The highest BCUT2D eigenvalue weighted by Crippen LogP contribution is 2.21. The molecule has 0 bridgehead atoms. The number of para-hydroxylation sites is 1. The van der Waals surface area contributed by atoms with Crippen molar-refractivity contribution in [3.8, 4) is 17.5 Å². The Hall–Kier alpha value is -4.38. The Kier molecular flexibility index (Phi) is 5.26. The van der Waals surface area contributed by atoms with Gasteiger partial charge in [0.1, 0.15) is 35.6 Å². The zero-order valence-electron chi connectivity index (χ0n) is 15.6. The second-order valence-electron chi connectivity index (χ2n) is 6.23. The van der Waals surface area contributed by atoms with Crippen LogP contribution in [0.5, 0.6) is 5.75 Å². The predicted octanol–water partition coefficient (Wildman–Crippen LogP) is 4.31. The van der Waals surface area contributed by atoms with E-state index in [2.05, 4.69) is 10.4 Å². The molecule has 2 aromatic carbocycles. The van der Waals surface area contributed by atoms with Gasteiger partial charge in [-0.25, -0.2) is 9.07 Å². The maximum atomic E-state index is 12.9. The fourth-order valence-corrected chi connectivity index (χ4v) is 2.75. The number of rotatable bonds is 6. The zero-order valence-corrected chi connectivity index (χ0v) is 15.6. The van der Waals surface area contributed by atoms with Gasteiger partial charge in [0.05, 0.1) is 11.9 Å². The van der Waals surface area contributed by atoms with Crippen molar-refractivity contribution in [2.24, 2.45) is 0 Å². The lowest BCUT2D eigenvalue weighted by atomic mass is 10.3. The number of furan rings is 1. The number of hydrogen-bond donors (Lipinski definition) is 1. The molecular weight excluding hydrogens is 387 g/mol. The van der Waals surface area contributed by atoms with Crippen LogP contribution in [0.25, 0.3) is 5.69 Å². The molecule has 2 aromatic heterocycles. The molecule has 148 valence electrons. The summed E-state index contributed by atoms with van der Waals surface area (Å²) in [5.74, 6) is 0.306. The summed E-state index contributed by atoms with van der Waals surface area (Å²) in [6.45, 7) is 0.0737. The molecule has 0 aliphatic carbocycles. The molecule has 1 amide bonds. The van der Waals surface area contributed by atoms with Gasteiger partial charge in [-0.15, -0.1) is 0 Å². The summed E-state index contributed by atoms with van der Waals surface area (Å²) < 4.78 is 25.5. The summed E-state index contributed by atoms with van der Waals surface area (Å²) in [5.41, 5.74) is 0.917. The number of hydrogen-bond acceptors (Lipinski definition) is 5. The van der Waals surface area contributed by atoms with E-state index in [4.69, 9.17) is 9.15 Å². The lowest BCUT2D eigenvalue weighted by molar-refractivity contribution is 0.0992. The number of nitriles is 1. The topological polar surface area (TPSA) is 93.1 Å². The van der Waals surface area contributed by atoms with Crippen LogP contribution in [0.15, 0.2) is 77.3 Å². The number of ether oxygens (including phenoxy) is 1. The van der Waals surface area contributed by atoms with Gasteiger partial charge in [0.2, 0.25) is 0 Å². The van der Waals surface area contributed by atoms with Gasteiger partial charge in [0, 0.05) is 0 Å². The third kappa shape index (κ3) is 4.05. The number of nitrogens with zero attached hydrogens (tertiary/aromatic N) is 3. The molecule has 0 saturated heterocycles. The van der Waals surface area contributed by atoms with E-state index >= 15 is 0 Å². The fourth-order valence-electron chi connectivity index (χ4n) is 2.75. The molecular formula is C22H15FN4O3. The van der Waals surface area contributed by atoms with Crippen LogP contribution in [-0.4, -0.2) is 15.7 Å². The number of halogens is 1. The largest absolute Gasteiger partial charge is 0.486 e. The first kappa shape index (κ1) is 19.0. The van der Waals surface area contributed by atoms with Crippen LogP contribution in [0.1, 0.15) is 21.9 Å². The van der Waals surface area contributed by atoms with Gasteiger partial charge >= 0.3 is 0 Å². The molecule has 0 unspecified atom stereocenters. The van der Waals surface area contributed by atoms with Crippen LogP contribution in [0.3, 0.4) is 0 Å². The lowest BCUT2D eigenvalue weighted by Crippen LogP contribution is -2.15. The number of nitrogens with one attached hydrogen (secondary N) is 1. The van der Waals surface area contributed by atoms with E-state index in [1.54, 1.807) is 6.07 Å². The summed E-state index contributed by atoms with van der Waals surface area (Å²) in [4.78, 5) is 12.7. The molecule has 0 saturated carbocycles. The van der Waals surface area contributed by atoms with Crippen molar-refractivity contribution in [3.63, 3.8) is 0 Å². The molecule has 1 N–H and O–H groups in total. The van der Waals surface area contributed by atoms with Gasteiger partial charge in [-0.1, -0.05) is 18.2 Å². The third-order valence-corrected chi connectivity index (χ3v) is 4.20. The molecule has 4 rings (SSSR count). The van der Waals surface area contributed by atoms with Gasteiger partial charge in [-0.3, -0.25) is 4.79 Å². The third-order valence-electron chi connectivity index (χ3n) is 4.20. The van der Waals surface area contributed by atoms with Crippen molar-refractivity contribution in [1.82, 2.24) is 9.78 Å². The SMILES string of the molecule is N#Cc1cnn(-c2ccccc2)c1NC(=O)c1ccc(COc2ccc(F)cc2)o1. The summed E-state index contributed by atoms with van der Waals surface area (Å²) in [6.07, 6.45) is 1.38. The molecule has 2 heterocycles. The Balaban J connectivity index is 1.48. The quantitative estimate of drug-likeness (QED) is 0.519. The van der Waals surface area contributed by atoms with Crippen LogP contribution in [0, 0.1) is 17.1 Å². The molecule has 4 aromatic rings. The van der Waals surface area contributed by atoms with Gasteiger partial charge in [-0.2, -0.15) is 10.4 Å². The second kappa shape index (κ2) is 8.32. The van der Waals surface area contributed by atoms with E-state index < -0.39 is 5.91 Å². The minimum atomic E-state index is -0.530. The van der Waals surface area contributed by atoms with Gasteiger partial charge in [0.25, 0.3) is 5.91 Å². The average Bonchev–Trinajstić information content (AvgIpc) is 3.41. The molecule has 8 heteroatoms. The van der Waals surface area contributed by atoms with E-state index in [0.717, 1.165) is 0 Å². The van der Waals surface area contributed by atoms with Crippen molar-refractivity contribution in [2.45, 2.75) is 6.61 Å². The molecule has 7 nitrogen and oxygen atoms in total. The van der Waals surface area contributed by atoms with Crippen molar-refractivity contribution >= 4 is 11.7 Å². The Morgan fingerprint density at radius 1 is 1.13 bits per heavy atom. The number of aromatic nitrogens is 2. The summed E-state index contributed by atoms with van der Waals surface area (Å²) in [5, 5.41) is 16.2. The van der Waals surface area contributed by atoms with Gasteiger partial charge in [-0.05, 0) is 48.5 Å². The summed E-state index contributed by atoms with van der Waals surface area (Å²) >= 11 is 0. The van der Waals surface area contributed by atoms with E-state index in [1.165, 1.54) is 41.2 Å². The van der Waals surface area contributed by atoms with E-state index in [0.29, 0.717) is 17.2 Å². The highest BCUT2D eigenvalue weighted by molar-refractivity contribution is 6.02. The Morgan fingerprint density at radius 2 is 1.90 bits per heavy atom.